The molecule has 8 nitrogen and oxygen atoms in total. The first-order valence-electron chi connectivity index (χ1n) is 6.89. The van der Waals surface area contributed by atoms with Gasteiger partial charge in [0.2, 0.25) is 5.91 Å². The van der Waals surface area contributed by atoms with Gasteiger partial charge in [-0.1, -0.05) is 11.8 Å². The molecular weight excluding hydrogens is 318 g/mol. The highest BCUT2D eigenvalue weighted by molar-refractivity contribution is 8.15. The second-order valence-electron chi connectivity index (χ2n) is 4.59. The molecule has 122 valence electrons. The molecule has 1 heterocycles. The number of carbonyl (C=O) groups excluding carboxylic acids is 2. The average molecular weight is 335 g/mol. The van der Waals surface area contributed by atoms with Crippen LogP contribution in [0, 0.1) is 0 Å². The van der Waals surface area contributed by atoms with Crippen molar-refractivity contribution in [3.05, 3.63) is 24.3 Å². The van der Waals surface area contributed by atoms with Crippen LogP contribution in [0.4, 0.5) is 5.69 Å². The molecule has 0 aromatic heterocycles. The van der Waals surface area contributed by atoms with Crippen LogP contribution < -0.4 is 21.5 Å². The summed E-state index contributed by atoms with van der Waals surface area (Å²) in [6.45, 7) is 2.47. The number of nitrogens with two attached hydrogens (primary N) is 2. The molecule has 1 atom stereocenters. The molecule has 9 heteroatoms. The zero-order chi connectivity index (χ0) is 16.8. The summed E-state index contributed by atoms with van der Waals surface area (Å²) in [6, 6.07) is 6.98. The van der Waals surface area contributed by atoms with Gasteiger partial charge in [-0.05, 0) is 31.2 Å². The number of hydrogen-bond acceptors (Lipinski definition) is 5. The standard InChI is InChI=1S/C14H17N5O3S/c1-2-22-9-5-3-8(4-6-9)17-11(20)7-10-12(21)18-14(23-10)19-13(15)16/h3-6,10H,2,7H2,1H3,(H,17,20)(H4,15,16,18,19,21)/t10-/m1/s1. The molecule has 0 bridgehead atoms. The molecule has 0 unspecified atom stereocenters. The summed E-state index contributed by atoms with van der Waals surface area (Å²) in [7, 11) is 0. The molecule has 0 saturated carbocycles. The Morgan fingerprint density at radius 2 is 2.09 bits per heavy atom. The number of nitrogens with zero attached hydrogens (tertiary/aromatic N) is 2. The topological polar surface area (TPSA) is 132 Å². The van der Waals surface area contributed by atoms with Crippen molar-refractivity contribution < 1.29 is 14.3 Å². The van der Waals surface area contributed by atoms with Crippen molar-refractivity contribution >= 4 is 40.4 Å². The van der Waals surface area contributed by atoms with Crippen molar-refractivity contribution in [1.82, 2.24) is 0 Å². The van der Waals surface area contributed by atoms with Gasteiger partial charge in [0.1, 0.15) is 11.0 Å². The average Bonchev–Trinajstić information content (AvgIpc) is 2.80. The van der Waals surface area contributed by atoms with E-state index < -0.39 is 11.2 Å². The number of benzene rings is 1. The van der Waals surface area contributed by atoms with Crippen molar-refractivity contribution in [3.8, 4) is 5.75 Å². The van der Waals surface area contributed by atoms with E-state index in [4.69, 9.17) is 16.2 Å². The Labute approximate surface area is 137 Å². The first-order valence-corrected chi connectivity index (χ1v) is 7.77. The maximum Gasteiger partial charge on any atom is 0.262 e. The Bertz CT molecular complexity index is 653. The number of aliphatic imine (C=N–C) groups is 2. The summed E-state index contributed by atoms with van der Waals surface area (Å²) < 4.78 is 5.32. The van der Waals surface area contributed by atoms with E-state index in [1.54, 1.807) is 24.3 Å². The van der Waals surface area contributed by atoms with Crippen molar-refractivity contribution in [2.24, 2.45) is 21.5 Å². The highest BCUT2D eigenvalue weighted by Crippen LogP contribution is 2.26. The lowest BCUT2D eigenvalue weighted by atomic mass is 10.2. The smallest absolute Gasteiger partial charge is 0.262 e. The zero-order valence-corrected chi connectivity index (χ0v) is 13.3. The van der Waals surface area contributed by atoms with E-state index in [1.807, 2.05) is 6.92 Å². The van der Waals surface area contributed by atoms with Gasteiger partial charge in [-0.15, -0.1) is 0 Å². The quantitative estimate of drug-likeness (QED) is 0.535. The van der Waals surface area contributed by atoms with Crippen LogP contribution in [-0.4, -0.2) is 34.8 Å². The van der Waals surface area contributed by atoms with Crippen LogP contribution in [-0.2, 0) is 9.59 Å². The molecule has 2 amide bonds. The predicted octanol–water partition coefficient (Wildman–Crippen LogP) is 0.685. The number of anilines is 1. The van der Waals surface area contributed by atoms with E-state index >= 15 is 0 Å². The molecular formula is C14H17N5O3S. The van der Waals surface area contributed by atoms with E-state index in [-0.39, 0.29) is 23.5 Å². The number of amides is 2. The number of guanidine groups is 1. The largest absolute Gasteiger partial charge is 0.494 e. The van der Waals surface area contributed by atoms with Gasteiger partial charge in [-0.25, -0.2) is 0 Å². The lowest BCUT2D eigenvalue weighted by molar-refractivity contribution is -0.121. The minimum atomic E-state index is -0.615. The van der Waals surface area contributed by atoms with Crippen LogP contribution in [0.1, 0.15) is 13.3 Å². The third-order valence-electron chi connectivity index (χ3n) is 2.77. The molecule has 1 aromatic rings. The molecule has 2 rings (SSSR count). The summed E-state index contributed by atoms with van der Waals surface area (Å²) in [5.74, 6) is -0.163. The minimum absolute atomic E-state index is 0.0102. The molecule has 0 saturated heterocycles. The lowest BCUT2D eigenvalue weighted by Crippen LogP contribution is -2.23. The van der Waals surface area contributed by atoms with E-state index in [0.717, 1.165) is 17.5 Å². The van der Waals surface area contributed by atoms with Crippen LogP contribution in [0.5, 0.6) is 5.75 Å². The summed E-state index contributed by atoms with van der Waals surface area (Å²) in [5.41, 5.74) is 11.1. The van der Waals surface area contributed by atoms with Gasteiger partial charge in [0, 0.05) is 12.1 Å². The number of nitrogens with one attached hydrogen (secondary N) is 1. The molecule has 1 aliphatic heterocycles. The third kappa shape index (κ3) is 4.99. The fourth-order valence-corrected chi connectivity index (χ4v) is 2.79. The summed E-state index contributed by atoms with van der Waals surface area (Å²) >= 11 is 1.07. The highest BCUT2D eigenvalue weighted by atomic mass is 32.2. The van der Waals surface area contributed by atoms with E-state index in [9.17, 15) is 9.59 Å². The van der Waals surface area contributed by atoms with Crippen molar-refractivity contribution in [2.75, 3.05) is 11.9 Å². The minimum Gasteiger partial charge on any atom is -0.494 e. The number of ether oxygens (including phenoxy) is 1. The van der Waals surface area contributed by atoms with E-state index in [0.29, 0.717) is 12.3 Å². The Morgan fingerprint density at radius 1 is 1.39 bits per heavy atom. The second kappa shape index (κ2) is 7.63. The fraction of sp³-hybridized carbons (Fsp3) is 0.286. The molecule has 5 N–H and O–H groups in total. The van der Waals surface area contributed by atoms with Crippen molar-refractivity contribution in [3.63, 3.8) is 0 Å². The van der Waals surface area contributed by atoms with Gasteiger partial charge in [0.15, 0.2) is 11.1 Å². The number of thioether (sulfide) groups is 1. The SMILES string of the molecule is CCOc1ccc(NC(=O)C[C@H]2SC(N=C(N)N)=NC2=O)cc1. The maximum atomic E-state index is 12.0. The number of hydrogen-bond donors (Lipinski definition) is 3. The van der Waals surface area contributed by atoms with Gasteiger partial charge >= 0.3 is 0 Å². The number of carbonyl (C=O) groups is 2. The van der Waals surface area contributed by atoms with Crippen LogP contribution in [0.15, 0.2) is 34.3 Å². The summed E-state index contributed by atoms with van der Waals surface area (Å²) in [6.07, 6.45) is -0.0102. The van der Waals surface area contributed by atoms with Crippen LogP contribution in [0.2, 0.25) is 0 Å². The number of rotatable bonds is 5. The third-order valence-corrected chi connectivity index (χ3v) is 3.82. The normalized spacial score (nSPS) is 16.7. The summed E-state index contributed by atoms with van der Waals surface area (Å²) in [5, 5.41) is 2.28. The Balaban J connectivity index is 1.88. The monoisotopic (exact) mass is 335 g/mol. The predicted molar refractivity (Wildman–Crippen MR) is 90.5 cm³/mol. The summed E-state index contributed by atoms with van der Waals surface area (Å²) in [4.78, 5) is 31.1. The molecule has 0 aliphatic carbocycles. The molecule has 0 fully saturated rings. The molecule has 1 aromatic carbocycles. The zero-order valence-electron chi connectivity index (χ0n) is 12.5. The Hall–Kier alpha value is -2.55. The number of amidine groups is 1. The molecule has 1 aliphatic rings. The van der Waals surface area contributed by atoms with Crippen molar-refractivity contribution in [1.29, 1.82) is 0 Å². The van der Waals surface area contributed by atoms with Crippen LogP contribution in [0.25, 0.3) is 0 Å². The van der Waals surface area contributed by atoms with Gasteiger partial charge in [-0.2, -0.15) is 9.98 Å². The van der Waals surface area contributed by atoms with Crippen LogP contribution in [0.3, 0.4) is 0 Å². The Morgan fingerprint density at radius 3 is 2.70 bits per heavy atom. The fourth-order valence-electron chi connectivity index (χ4n) is 1.84. The van der Waals surface area contributed by atoms with E-state index in [2.05, 4.69) is 15.3 Å². The molecule has 0 radical (unpaired) electrons. The van der Waals surface area contributed by atoms with Crippen LogP contribution >= 0.6 is 11.8 Å². The first kappa shape index (κ1) is 16.8. The lowest BCUT2D eigenvalue weighted by Gasteiger charge is -2.09. The van der Waals surface area contributed by atoms with Gasteiger partial charge < -0.3 is 21.5 Å². The van der Waals surface area contributed by atoms with Gasteiger partial charge in [0.25, 0.3) is 5.91 Å². The second-order valence-corrected chi connectivity index (χ2v) is 5.76. The first-order chi connectivity index (χ1) is 11.0. The van der Waals surface area contributed by atoms with Gasteiger partial charge in [-0.3, -0.25) is 9.59 Å². The molecule has 23 heavy (non-hydrogen) atoms. The molecule has 0 spiro atoms. The Kier molecular flexibility index (Phi) is 5.58. The van der Waals surface area contributed by atoms with Gasteiger partial charge in [0.05, 0.1) is 6.61 Å². The van der Waals surface area contributed by atoms with Crippen molar-refractivity contribution in [2.45, 2.75) is 18.6 Å². The highest BCUT2D eigenvalue weighted by Gasteiger charge is 2.30. The van der Waals surface area contributed by atoms with E-state index in [1.165, 1.54) is 0 Å². The maximum absolute atomic E-state index is 12.0.